The predicted octanol–water partition coefficient (Wildman–Crippen LogP) is 0.668. The van der Waals surface area contributed by atoms with Gasteiger partial charge in [0.05, 0.1) is 12.2 Å². The van der Waals surface area contributed by atoms with Gasteiger partial charge in [-0.3, -0.25) is 9.59 Å². The highest BCUT2D eigenvalue weighted by Gasteiger charge is 2.18. The predicted molar refractivity (Wildman–Crippen MR) is 64.8 cm³/mol. The number of amides is 1. The number of hydrogen-bond acceptors (Lipinski definition) is 5. The van der Waals surface area contributed by atoms with Crippen LogP contribution in [0.15, 0.2) is 31.4 Å². The number of carbonyl (C=O) groups is 2. The standard InChI is InChI=1S/C12H15N3O3/c1-3-5-15(8-11(16)18-4-2)12(17)10-6-13-9-14-7-10/h3,6-7,9H,1,4-5,8H2,2H3. The minimum Gasteiger partial charge on any atom is -0.465 e. The van der Waals surface area contributed by atoms with E-state index in [1.54, 1.807) is 13.0 Å². The van der Waals surface area contributed by atoms with Crippen LogP contribution in [0.1, 0.15) is 17.3 Å². The average molecular weight is 249 g/mol. The molecule has 0 saturated heterocycles. The van der Waals surface area contributed by atoms with Crippen LogP contribution >= 0.6 is 0 Å². The van der Waals surface area contributed by atoms with Crippen LogP contribution in [0.5, 0.6) is 0 Å². The first-order valence-corrected chi connectivity index (χ1v) is 5.49. The molecule has 0 fully saturated rings. The molecule has 0 aliphatic carbocycles. The molecule has 6 heteroatoms. The third kappa shape index (κ3) is 3.97. The molecule has 0 spiro atoms. The SMILES string of the molecule is C=CCN(CC(=O)OCC)C(=O)c1cncnc1. The Morgan fingerprint density at radius 3 is 2.67 bits per heavy atom. The number of rotatable bonds is 6. The molecule has 0 N–H and O–H groups in total. The number of nitrogens with zero attached hydrogens (tertiary/aromatic N) is 3. The molecule has 1 rings (SSSR count). The van der Waals surface area contributed by atoms with Crippen molar-refractivity contribution in [3.05, 3.63) is 36.9 Å². The summed E-state index contributed by atoms with van der Waals surface area (Å²) >= 11 is 0. The minimum atomic E-state index is -0.454. The molecule has 18 heavy (non-hydrogen) atoms. The van der Waals surface area contributed by atoms with Crippen LogP contribution in [0.2, 0.25) is 0 Å². The van der Waals surface area contributed by atoms with E-state index in [1.165, 1.54) is 23.6 Å². The lowest BCUT2D eigenvalue weighted by atomic mass is 10.3. The number of ether oxygens (including phenoxy) is 1. The van der Waals surface area contributed by atoms with Gasteiger partial charge < -0.3 is 9.64 Å². The Kier molecular flexibility index (Phi) is 5.50. The Morgan fingerprint density at radius 1 is 1.44 bits per heavy atom. The molecule has 0 aromatic carbocycles. The van der Waals surface area contributed by atoms with Crippen molar-refractivity contribution < 1.29 is 14.3 Å². The van der Waals surface area contributed by atoms with E-state index in [2.05, 4.69) is 16.5 Å². The molecule has 0 unspecified atom stereocenters. The maximum Gasteiger partial charge on any atom is 0.325 e. The highest BCUT2D eigenvalue weighted by molar-refractivity contribution is 5.95. The van der Waals surface area contributed by atoms with Gasteiger partial charge in [-0.15, -0.1) is 6.58 Å². The van der Waals surface area contributed by atoms with E-state index in [0.29, 0.717) is 5.56 Å². The molecular formula is C12H15N3O3. The topological polar surface area (TPSA) is 72.4 Å². The van der Waals surface area contributed by atoms with Gasteiger partial charge in [0.2, 0.25) is 0 Å². The molecule has 0 bridgehead atoms. The average Bonchev–Trinajstić information content (AvgIpc) is 2.39. The highest BCUT2D eigenvalue weighted by Crippen LogP contribution is 2.02. The minimum absolute atomic E-state index is 0.117. The summed E-state index contributed by atoms with van der Waals surface area (Å²) in [4.78, 5) is 32.3. The highest BCUT2D eigenvalue weighted by atomic mass is 16.5. The Morgan fingerprint density at radius 2 is 2.11 bits per heavy atom. The van der Waals surface area contributed by atoms with E-state index in [-0.39, 0.29) is 25.6 Å². The van der Waals surface area contributed by atoms with Crippen molar-refractivity contribution in [2.24, 2.45) is 0 Å². The summed E-state index contributed by atoms with van der Waals surface area (Å²) < 4.78 is 4.81. The van der Waals surface area contributed by atoms with Gasteiger partial charge in [0, 0.05) is 18.9 Å². The Labute approximate surface area is 105 Å². The maximum absolute atomic E-state index is 12.1. The van der Waals surface area contributed by atoms with Gasteiger partial charge in [-0.2, -0.15) is 0 Å². The van der Waals surface area contributed by atoms with Crippen molar-refractivity contribution in [2.45, 2.75) is 6.92 Å². The lowest BCUT2D eigenvalue weighted by Crippen LogP contribution is -2.36. The van der Waals surface area contributed by atoms with Crippen LogP contribution in [0.4, 0.5) is 0 Å². The molecular weight excluding hydrogens is 234 g/mol. The van der Waals surface area contributed by atoms with Gasteiger partial charge in [-0.1, -0.05) is 6.08 Å². The summed E-state index contributed by atoms with van der Waals surface area (Å²) in [6, 6.07) is 0. The smallest absolute Gasteiger partial charge is 0.325 e. The summed E-state index contributed by atoms with van der Waals surface area (Å²) in [5, 5.41) is 0. The largest absolute Gasteiger partial charge is 0.465 e. The molecule has 1 amide bonds. The Hall–Kier alpha value is -2.24. The normalized spacial score (nSPS) is 9.61. The molecule has 0 aliphatic rings. The number of aromatic nitrogens is 2. The zero-order valence-corrected chi connectivity index (χ0v) is 10.2. The van der Waals surface area contributed by atoms with Gasteiger partial charge in [-0.05, 0) is 6.92 Å². The fourth-order valence-corrected chi connectivity index (χ4v) is 1.33. The summed E-state index contributed by atoms with van der Waals surface area (Å²) in [6.45, 7) is 5.68. The molecule has 1 heterocycles. The van der Waals surface area contributed by atoms with Crippen molar-refractivity contribution in [2.75, 3.05) is 19.7 Å². The zero-order chi connectivity index (χ0) is 13.4. The summed E-state index contributed by atoms with van der Waals surface area (Å²) in [5.41, 5.74) is 0.323. The Bertz CT molecular complexity index is 420. The molecule has 1 aromatic rings. The van der Waals surface area contributed by atoms with Gasteiger partial charge >= 0.3 is 5.97 Å². The maximum atomic E-state index is 12.1. The monoisotopic (exact) mass is 249 g/mol. The molecule has 1 aromatic heterocycles. The summed E-state index contributed by atoms with van der Waals surface area (Å²) in [5.74, 6) is -0.784. The van der Waals surface area contributed by atoms with Crippen molar-refractivity contribution in [3.63, 3.8) is 0 Å². The molecule has 96 valence electrons. The third-order valence-corrected chi connectivity index (χ3v) is 2.07. The molecule has 0 atom stereocenters. The lowest BCUT2D eigenvalue weighted by Gasteiger charge is -2.19. The molecule has 6 nitrogen and oxygen atoms in total. The Balaban J connectivity index is 2.75. The van der Waals surface area contributed by atoms with Crippen LogP contribution in [0.25, 0.3) is 0 Å². The number of carbonyl (C=O) groups excluding carboxylic acids is 2. The van der Waals surface area contributed by atoms with Crippen molar-refractivity contribution in [3.8, 4) is 0 Å². The van der Waals surface area contributed by atoms with Gasteiger partial charge in [0.25, 0.3) is 5.91 Å². The van der Waals surface area contributed by atoms with E-state index in [1.807, 2.05) is 0 Å². The van der Waals surface area contributed by atoms with Gasteiger partial charge in [0.15, 0.2) is 0 Å². The van der Waals surface area contributed by atoms with Gasteiger partial charge in [0.1, 0.15) is 12.9 Å². The molecule has 0 radical (unpaired) electrons. The van der Waals surface area contributed by atoms with Crippen LogP contribution in [0.3, 0.4) is 0 Å². The van der Waals surface area contributed by atoms with Gasteiger partial charge in [-0.25, -0.2) is 9.97 Å². The first kappa shape index (κ1) is 13.8. The first-order valence-electron chi connectivity index (χ1n) is 5.49. The second-order valence-electron chi connectivity index (χ2n) is 3.41. The second kappa shape index (κ2) is 7.16. The van der Waals surface area contributed by atoms with Crippen LogP contribution in [-0.4, -0.2) is 46.4 Å². The summed E-state index contributed by atoms with van der Waals surface area (Å²) in [6.07, 6.45) is 5.67. The number of hydrogen-bond donors (Lipinski definition) is 0. The van der Waals surface area contributed by atoms with Crippen LogP contribution in [0, 0.1) is 0 Å². The zero-order valence-electron chi connectivity index (χ0n) is 10.2. The summed E-state index contributed by atoms with van der Waals surface area (Å²) in [7, 11) is 0. The quantitative estimate of drug-likeness (QED) is 0.547. The fraction of sp³-hybridized carbons (Fsp3) is 0.333. The van der Waals surface area contributed by atoms with Crippen molar-refractivity contribution in [1.82, 2.24) is 14.9 Å². The van der Waals surface area contributed by atoms with Crippen LogP contribution < -0.4 is 0 Å². The number of esters is 1. The molecule has 0 saturated carbocycles. The van der Waals surface area contributed by atoms with E-state index in [0.717, 1.165) is 0 Å². The lowest BCUT2D eigenvalue weighted by molar-refractivity contribution is -0.143. The first-order chi connectivity index (χ1) is 8.69. The van der Waals surface area contributed by atoms with E-state index in [4.69, 9.17) is 4.74 Å². The van der Waals surface area contributed by atoms with Crippen molar-refractivity contribution in [1.29, 1.82) is 0 Å². The third-order valence-electron chi connectivity index (χ3n) is 2.07. The van der Waals surface area contributed by atoms with E-state index in [9.17, 15) is 9.59 Å². The van der Waals surface area contributed by atoms with Crippen molar-refractivity contribution >= 4 is 11.9 Å². The van der Waals surface area contributed by atoms with E-state index < -0.39 is 5.97 Å². The second-order valence-corrected chi connectivity index (χ2v) is 3.41. The fourth-order valence-electron chi connectivity index (χ4n) is 1.33. The van der Waals surface area contributed by atoms with Crippen LogP contribution in [-0.2, 0) is 9.53 Å². The van der Waals surface area contributed by atoms with E-state index >= 15 is 0 Å². The molecule has 0 aliphatic heterocycles.